The molecule has 2 nitrogen and oxygen atoms in total. The van der Waals surface area contributed by atoms with E-state index in [-0.39, 0.29) is 0 Å². The highest BCUT2D eigenvalue weighted by Gasteiger charge is 1.87. The van der Waals surface area contributed by atoms with Gasteiger partial charge in [0.25, 0.3) is 0 Å². The average molecular weight is 156 g/mol. The summed E-state index contributed by atoms with van der Waals surface area (Å²) in [5.41, 5.74) is 0. The molecule has 0 saturated heterocycles. The van der Waals surface area contributed by atoms with Gasteiger partial charge in [-0.2, -0.15) is 0 Å². The number of rotatable bonds is 8. The molecule has 0 aliphatic heterocycles. The van der Waals surface area contributed by atoms with Crippen LogP contribution in [0.5, 0.6) is 0 Å². The Morgan fingerprint density at radius 3 is 1.64 bits per heavy atom. The van der Waals surface area contributed by atoms with Crippen LogP contribution in [0.1, 0.15) is 19.3 Å². The molecule has 64 valence electrons. The van der Waals surface area contributed by atoms with Crippen molar-refractivity contribution in [2.75, 3.05) is 13.2 Å². The Morgan fingerprint density at radius 2 is 1.27 bits per heavy atom. The van der Waals surface area contributed by atoms with Gasteiger partial charge in [-0.3, -0.25) is 0 Å². The molecule has 0 atom stereocenters. The maximum atomic E-state index is 4.94. The van der Waals surface area contributed by atoms with E-state index in [9.17, 15) is 0 Å². The first kappa shape index (κ1) is 10.1. The molecule has 0 aliphatic carbocycles. The predicted molar refractivity (Wildman–Crippen MR) is 46.1 cm³/mol. The Labute approximate surface area is 68.5 Å². The molecule has 0 aromatic heterocycles. The lowest BCUT2D eigenvalue weighted by molar-refractivity contribution is 0.219. The first-order valence-electron chi connectivity index (χ1n) is 3.87. The van der Waals surface area contributed by atoms with Gasteiger partial charge in [0, 0.05) is 0 Å². The molecule has 2 heteroatoms. The van der Waals surface area contributed by atoms with Crippen LogP contribution in [0.4, 0.5) is 0 Å². The zero-order chi connectivity index (χ0) is 8.36. The molecule has 0 spiro atoms. The fraction of sp³-hybridized carbons (Fsp3) is 0.556. The van der Waals surface area contributed by atoms with Crippen LogP contribution in [0, 0.1) is 0 Å². The molecule has 0 radical (unpaired) electrons. The minimum absolute atomic E-state index is 0.761. The highest BCUT2D eigenvalue weighted by molar-refractivity contribution is 4.51. The van der Waals surface area contributed by atoms with Crippen molar-refractivity contribution in [2.24, 2.45) is 0 Å². The zero-order valence-corrected chi connectivity index (χ0v) is 6.92. The van der Waals surface area contributed by atoms with Crippen molar-refractivity contribution >= 4 is 0 Å². The summed E-state index contributed by atoms with van der Waals surface area (Å²) in [6.45, 7) is 8.42. The van der Waals surface area contributed by atoms with E-state index in [2.05, 4.69) is 13.2 Å². The van der Waals surface area contributed by atoms with E-state index in [1.165, 1.54) is 12.5 Å². The number of ether oxygens (including phenoxy) is 2. The van der Waals surface area contributed by atoms with E-state index in [1.54, 1.807) is 0 Å². The van der Waals surface area contributed by atoms with Gasteiger partial charge in [-0.05, 0) is 19.3 Å². The minimum atomic E-state index is 0.761. The van der Waals surface area contributed by atoms with E-state index in [0.717, 1.165) is 32.5 Å². The maximum absolute atomic E-state index is 4.94. The monoisotopic (exact) mass is 156 g/mol. The van der Waals surface area contributed by atoms with Gasteiger partial charge in [0.1, 0.15) is 0 Å². The molecule has 0 aromatic carbocycles. The molecule has 0 rings (SSSR count). The fourth-order valence-corrected chi connectivity index (χ4v) is 0.714. The van der Waals surface area contributed by atoms with Gasteiger partial charge in [0.2, 0.25) is 0 Å². The van der Waals surface area contributed by atoms with Gasteiger partial charge in [-0.25, -0.2) is 0 Å². The molecule has 0 amide bonds. The average Bonchev–Trinajstić information content (AvgIpc) is 2.03. The second-order valence-corrected chi connectivity index (χ2v) is 2.14. The van der Waals surface area contributed by atoms with Crippen LogP contribution in [0.2, 0.25) is 0 Å². The lowest BCUT2D eigenvalue weighted by Gasteiger charge is -2.00. The highest BCUT2D eigenvalue weighted by Crippen LogP contribution is 1.96. The van der Waals surface area contributed by atoms with E-state index >= 15 is 0 Å². The molecule has 0 N–H and O–H groups in total. The van der Waals surface area contributed by atoms with Crippen molar-refractivity contribution in [3.63, 3.8) is 0 Å². The molecular weight excluding hydrogens is 140 g/mol. The van der Waals surface area contributed by atoms with Gasteiger partial charge in [-0.1, -0.05) is 13.2 Å². The second kappa shape index (κ2) is 9.08. The summed E-state index contributed by atoms with van der Waals surface area (Å²) in [7, 11) is 0. The third-order valence-corrected chi connectivity index (χ3v) is 1.26. The first-order chi connectivity index (χ1) is 5.41. The van der Waals surface area contributed by atoms with E-state index in [4.69, 9.17) is 9.47 Å². The van der Waals surface area contributed by atoms with Crippen LogP contribution >= 0.6 is 0 Å². The van der Waals surface area contributed by atoms with Crippen LogP contribution in [0.25, 0.3) is 0 Å². The van der Waals surface area contributed by atoms with Crippen molar-refractivity contribution in [2.45, 2.75) is 19.3 Å². The molecule has 0 fully saturated rings. The quantitative estimate of drug-likeness (QED) is 0.397. The normalized spacial score (nSPS) is 8.73. The van der Waals surface area contributed by atoms with Crippen LogP contribution in [0.15, 0.2) is 25.7 Å². The summed E-state index contributed by atoms with van der Waals surface area (Å²) in [6.07, 6.45) is 6.20. The van der Waals surface area contributed by atoms with Gasteiger partial charge in [0.15, 0.2) is 0 Å². The highest BCUT2D eigenvalue weighted by atomic mass is 16.5. The van der Waals surface area contributed by atoms with E-state index in [1.807, 2.05) is 0 Å². The van der Waals surface area contributed by atoms with Crippen molar-refractivity contribution in [3.05, 3.63) is 25.7 Å². The Morgan fingerprint density at radius 1 is 0.818 bits per heavy atom. The fourth-order valence-electron chi connectivity index (χ4n) is 0.714. The predicted octanol–water partition coefficient (Wildman–Crippen LogP) is 2.48. The van der Waals surface area contributed by atoms with Crippen LogP contribution in [-0.4, -0.2) is 13.2 Å². The van der Waals surface area contributed by atoms with Crippen LogP contribution < -0.4 is 0 Å². The van der Waals surface area contributed by atoms with E-state index in [0.29, 0.717) is 0 Å². The Bertz CT molecular complexity index is 87.7. The Balaban J connectivity index is 2.79. The molecular formula is C9H16O2. The molecule has 0 aliphatic rings. The van der Waals surface area contributed by atoms with Crippen molar-refractivity contribution in [1.29, 1.82) is 0 Å². The van der Waals surface area contributed by atoms with Crippen LogP contribution in [0.3, 0.4) is 0 Å². The molecule has 0 aromatic rings. The first-order valence-corrected chi connectivity index (χ1v) is 3.87. The number of hydrogen-bond acceptors (Lipinski definition) is 2. The van der Waals surface area contributed by atoms with Gasteiger partial charge < -0.3 is 9.47 Å². The standard InChI is InChI=1S/C9H16O2/c1-3-10-8-6-5-7-9-11-4-2/h3-4H,1-2,5-9H2. The van der Waals surface area contributed by atoms with Gasteiger partial charge >= 0.3 is 0 Å². The summed E-state index contributed by atoms with van der Waals surface area (Å²) in [5.74, 6) is 0. The third kappa shape index (κ3) is 9.08. The van der Waals surface area contributed by atoms with Crippen molar-refractivity contribution in [3.8, 4) is 0 Å². The SMILES string of the molecule is C=COCCCCCOC=C. The minimum Gasteiger partial charge on any atom is -0.502 e. The lowest BCUT2D eigenvalue weighted by Crippen LogP contribution is -1.91. The third-order valence-electron chi connectivity index (χ3n) is 1.26. The number of hydrogen-bond donors (Lipinski definition) is 0. The zero-order valence-electron chi connectivity index (χ0n) is 6.92. The summed E-state index contributed by atoms with van der Waals surface area (Å²) >= 11 is 0. The second-order valence-electron chi connectivity index (χ2n) is 2.14. The summed E-state index contributed by atoms with van der Waals surface area (Å²) < 4.78 is 9.89. The molecule has 0 saturated carbocycles. The lowest BCUT2D eigenvalue weighted by atomic mass is 10.2. The Hall–Kier alpha value is -0.920. The topological polar surface area (TPSA) is 18.5 Å². The van der Waals surface area contributed by atoms with Crippen molar-refractivity contribution < 1.29 is 9.47 Å². The molecule has 0 heterocycles. The van der Waals surface area contributed by atoms with E-state index < -0.39 is 0 Å². The maximum Gasteiger partial charge on any atom is 0.0873 e. The molecule has 0 unspecified atom stereocenters. The van der Waals surface area contributed by atoms with Gasteiger partial charge in [0.05, 0.1) is 25.7 Å². The Kier molecular flexibility index (Phi) is 8.32. The smallest absolute Gasteiger partial charge is 0.0873 e. The summed E-state index contributed by atoms with van der Waals surface area (Å²) in [4.78, 5) is 0. The molecule has 11 heavy (non-hydrogen) atoms. The summed E-state index contributed by atoms with van der Waals surface area (Å²) in [5, 5.41) is 0. The molecule has 0 bridgehead atoms. The van der Waals surface area contributed by atoms with Crippen LogP contribution in [-0.2, 0) is 9.47 Å². The van der Waals surface area contributed by atoms with Gasteiger partial charge in [-0.15, -0.1) is 0 Å². The summed E-state index contributed by atoms with van der Waals surface area (Å²) in [6, 6.07) is 0. The van der Waals surface area contributed by atoms with Crippen molar-refractivity contribution in [1.82, 2.24) is 0 Å². The largest absolute Gasteiger partial charge is 0.502 e. The number of unbranched alkanes of at least 4 members (excludes halogenated alkanes) is 2.